The smallest absolute Gasteiger partial charge is 0.410 e. The van der Waals surface area contributed by atoms with Crippen LogP contribution in [0.25, 0.3) is 0 Å². The first kappa shape index (κ1) is 21.1. The lowest BCUT2D eigenvalue weighted by Gasteiger charge is -2.44. The molecule has 1 aromatic carbocycles. The van der Waals surface area contributed by atoms with Crippen LogP contribution in [0.2, 0.25) is 0 Å². The van der Waals surface area contributed by atoms with Crippen LogP contribution < -0.4 is 0 Å². The average Bonchev–Trinajstić information content (AvgIpc) is 3.02. The fraction of sp³-hybridized carbons (Fsp3) is 0.591. The lowest BCUT2D eigenvalue weighted by Crippen LogP contribution is -2.51. The summed E-state index contributed by atoms with van der Waals surface area (Å²) in [5.41, 5.74) is 0.275. The summed E-state index contributed by atoms with van der Waals surface area (Å²) in [6, 6.07) is 10.0. The van der Waals surface area contributed by atoms with Crippen LogP contribution in [0.15, 0.2) is 30.3 Å². The summed E-state index contributed by atoms with van der Waals surface area (Å²) in [5, 5.41) is 9.29. The third kappa shape index (κ3) is 4.89. The largest absolute Gasteiger partial charge is 0.481 e. The Bertz CT molecular complexity index is 763. The van der Waals surface area contributed by atoms with Gasteiger partial charge in [-0.15, -0.1) is 0 Å². The first-order valence-corrected chi connectivity index (χ1v) is 10.1. The number of carboxylic acid groups (broad SMARTS) is 1. The molecule has 1 N–H and O–H groups in total. The number of likely N-dealkylation sites (tertiary alicyclic amines) is 2. The van der Waals surface area contributed by atoms with E-state index in [1.807, 2.05) is 39.0 Å². The fourth-order valence-electron chi connectivity index (χ4n) is 4.23. The van der Waals surface area contributed by atoms with E-state index in [9.17, 15) is 19.5 Å². The Kier molecular flexibility index (Phi) is 5.87. The molecular weight excluding hydrogens is 372 g/mol. The number of carbonyl (C=O) groups is 3. The van der Waals surface area contributed by atoms with Crippen LogP contribution in [-0.4, -0.2) is 64.7 Å². The molecule has 0 aliphatic carbocycles. The van der Waals surface area contributed by atoms with Gasteiger partial charge in [-0.1, -0.05) is 30.3 Å². The van der Waals surface area contributed by atoms with Gasteiger partial charge in [0.05, 0.1) is 5.92 Å². The topological polar surface area (TPSA) is 87.2 Å². The van der Waals surface area contributed by atoms with Gasteiger partial charge < -0.3 is 19.6 Å². The second kappa shape index (κ2) is 8.05. The SMILES string of the molecule is CC(C)(C)OC(=O)N1CCC(CN2CC(C(=O)O)CC2=O)(c2ccccc2)CC1. The Labute approximate surface area is 171 Å². The summed E-state index contributed by atoms with van der Waals surface area (Å²) in [6.07, 6.45) is 1.13. The van der Waals surface area contributed by atoms with Crippen molar-refractivity contribution in [2.45, 2.75) is 51.0 Å². The third-order valence-electron chi connectivity index (χ3n) is 5.82. The molecule has 7 heteroatoms. The molecule has 0 spiro atoms. The van der Waals surface area contributed by atoms with Crippen molar-refractivity contribution in [2.24, 2.45) is 5.92 Å². The number of aliphatic carboxylic acids is 1. The Morgan fingerprint density at radius 3 is 2.31 bits per heavy atom. The molecule has 2 aliphatic rings. The predicted molar refractivity (Wildman–Crippen MR) is 107 cm³/mol. The van der Waals surface area contributed by atoms with Crippen molar-refractivity contribution in [3.63, 3.8) is 0 Å². The van der Waals surface area contributed by atoms with Gasteiger partial charge in [0.25, 0.3) is 0 Å². The van der Waals surface area contributed by atoms with Crippen molar-refractivity contribution in [1.82, 2.24) is 9.80 Å². The first-order chi connectivity index (χ1) is 13.6. The molecule has 0 saturated carbocycles. The number of benzene rings is 1. The standard InChI is InChI=1S/C22H30N2O5/c1-21(2,3)29-20(28)23-11-9-22(10-12-23,17-7-5-4-6-8-17)15-24-14-16(19(26)27)13-18(24)25/h4-8,16H,9-15H2,1-3H3,(H,26,27). The van der Waals surface area contributed by atoms with Crippen LogP contribution in [0.5, 0.6) is 0 Å². The van der Waals surface area contributed by atoms with Gasteiger partial charge in [0.2, 0.25) is 5.91 Å². The summed E-state index contributed by atoms with van der Waals surface area (Å²) >= 11 is 0. The number of hydrogen-bond acceptors (Lipinski definition) is 4. The van der Waals surface area contributed by atoms with Crippen molar-refractivity contribution < 1.29 is 24.2 Å². The molecule has 1 aromatic rings. The van der Waals surface area contributed by atoms with E-state index in [0.717, 1.165) is 5.56 Å². The van der Waals surface area contributed by atoms with E-state index >= 15 is 0 Å². The number of amides is 2. The van der Waals surface area contributed by atoms with E-state index in [-0.39, 0.29) is 30.4 Å². The van der Waals surface area contributed by atoms with Gasteiger partial charge in [-0.25, -0.2) is 4.79 Å². The Balaban J connectivity index is 1.76. The molecule has 29 heavy (non-hydrogen) atoms. The van der Waals surface area contributed by atoms with E-state index in [4.69, 9.17) is 4.74 Å². The number of carbonyl (C=O) groups excluding carboxylic acids is 2. The van der Waals surface area contributed by atoms with Gasteiger partial charge in [-0.05, 0) is 39.2 Å². The van der Waals surface area contributed by atoms with Crippen molar-refractivity contribution >= 4 is 18.0 Å². The molecule has 158 valence electrons. The highest BCUT2D eigenvalue weighted by Crippen LogP contribution is 2.38. The highest BCUT2D eigenvalue weighted by atomic mass is 16.6. The molecule has 2 saturated heterocycles. The van der Waals surface area contributed by atoms with Crippen LogP contribution in [0.3, 0.4) is 0 Å². The summed E-state index contributed by atoms with van der Waals surface area (Å²) in [6.45, 7) is 7.34. The molecule has 3 rings (SSSR count). The molecule has 2 heterocycles. The molecule has 2 amide bonds. The Hall–Kier alpha value is -2.57. The second-order valence-electron chi connectivity index (χ2n) is 9.13. The summed E-state index contributed by atoms with van der Waals surface area (Å²) in [4.78, 5) is 39.6. The van der Waals surface area contributed by atoms with E-state index in [0.29, 0.717) is 32.5 Å². The summed E-state index contributed by atoms with van der Waals surface area (Å²) < 4.78 is 5.50. The highest BCUT2D eigenvalue weighted by Gasteiger charge is 2.43. The molecule has 7 nitrogen and oxygen atoms in total. The zero-order chi connectivity index (χ0) is 21.2. The lowest BCUT2D eigenvalue weighted by molar-refractivity contribution is -0.141. The van der Waals surface area contributed by atoms with Crippen LogP contribution in [0.1, 0.15) is 45.6 Å². The van der Waals surface area contributed by atoms with Crippen molar-refractivity contribution in [1.29, 1.82) is 0 Å². The van der Waals surface area contributed by atoms with E-state index in [1.165, 1.54) is 0 Å². The van der Waals surface area contributed by atoms with Crippen LogP contribution in [0.4, 0.5) is 4.79 Å². The minimum absolute atomic E-state index is 0.0598. The minimum atomic E-state index is -0.922. The number of nitrogens with zero attached hydrogens (tertiary/aromatic N) is 2. The van der Waals surface area contributed by atoms with E-state index in [2.05, 4.69) is 12.1 Å². The van der Waals surface area contributed by atoms with Gasteiger partial charge in [0, 0.05) is 38.0 Å². The lowest BCUT2D eigenvalue weighted by atomic mass is 9.72. The van der Waals surface area contributed by atoms with E-state index < -0.39 is 17.5 Å². The fourth-order valence-corrected chi connectivity index (χ4v) is 4.23. The quantitative estimate of drug-likeness (QED) is 0.837. The number of rotatable bonds is 4. The molecule has 1 atom stereocenters. The second-order valence-corrected chi connectivity index (χ2v) is 9.13. The average molecular weight is 402 g/mol. The Morgan fingerprint density at radius 2 is 1.79 bits per heavy atom. The van der Waals surface area contributed by atoms with Gasteiger partial charge in [0.1, 0.15) is 5.60 Å². The molecular formula is C22H30N2O5. The highest BCUT2D eigenvalue weighted by molar-refractivity contribution is 5.86. The van der Waals surface area contributed by atoms with Crippen LogP contribution in [0, 0.1) is 5.92 Å². The van der Waals surface area contributed by atoms with E-state index in [1.54, 1.807) is 9.80 Å². The maximum atomic E-state index is 12.4. The molecule has 1 unspecified atom stereocenters. The van der Waals surface area contributed by atoms with Crippen LogP contribution in [-0.2, 0) is 19.7 Å². The zero-order valence-corrected chi connectivity index (χ0v) is 17.4. The molecule has 0 bridgehead atoms. The molecule has 0 aromatic heterocycles. The maximum absolute atomic E-state index is 12.4. The first-order valence-electron chi connectivity index (χ1n) is 10.1. The number of carboxylic acids is 1. The van der Waals surface area contributed by atoms with Gasteiger partial charge in [-0.2, -0.15) is 0 Å². The minimum Gasteiger partial charge on any atom is -0.481 e. The maximum Gasteiger partial charge on any atom is 0.410 e. The van der Waals surface area contributed by atoms with Crippen LogP contribution >= 0.6 is 0 Å². The number of hydrogen-bond donors (Lipinski definition) is 1. The normalized spacial score (nSPS) is 21.9. The van der Waals surface area contributed by atoms with Crippen molar-refractivity contribution in [3.05, 3.63) is 35.9 Å². The summed E-state index contributed by atoms with van der Waals surface area (Å²) in [5.74, 6) is -1.67. The third-order valence-corrected chi connectivity index (χ3v) is 5.82. The zero-order valence-electron chi connectivity index (χ0n) is 17.4. The number of piperidine rings is 1. The molecule has 2 fully saturated rings. The Morgan fingerprint density at radius 1 is 1.17 bits per heavy atom. The number of ether oxygens (including phenoxy) is 1. The monoisotopic (exact) mass is 402 g/mol. The van der Waals surface area contributed by atoms with Gasteiger partial charge in [0.15, 0.2) is 0 Å². The van der Waals surface area contributed by atoms with Crippen molar-refractivity contribution in [3.8, 4) is 0 Å². The van der Waals surface area contributed by atoms with Gasteiger partial charge in [-0.3, -0.25) is 9.59 Å². The molecule has 0 radical (unpaired) electrons. The van der Waals surface area contributed by atoms with Gasteiger partial charge >= 0.3 is 12.1 Å². The molecule has 2 aliphatic heterocycles. The summed E-state index contributed by atoms with van der Waals surface area (Å²) in [7, 11) is 0. The van der Waals surface area contributed by atoms with Crippen molar-refractivity contribution in [2.75, 3.05) is 26.2 Å². The predicted octanol–water partition coefficient (Wildman–Crippen LogP) is 2.89.